The van der Waals surface area contributed by atoms with Gasteiger partial charge in [-0.3, -0.25) is 0 Å². The summed E-state index contributed by atoms with van der Waals surface area (Å²) in [6.45, 7) is 3.05. The van der Waals surface area contributed by atoms with E-state index in [1.54, 1.807) is 6.07 Å². The van der Waals surface area contributed by atoms with Gasteiger partial charge < -0.3 is 5.32 Å². The summed E-state index contributed by atoms with van der Waals surface area (Å²) in [5, 5.41) is 3.30. The molecule has 2 rings (SSSR count). The van der Waals surface area contributed by atoms with Gasteiger partial charge in [0.05, 0.1) is 4.47 Å². The molecular formula is C18H21BrFN. The molecule has 0 spiro atoms. The third kappa shape index (κ3) is 3.53. The first-order chi connectivity index (χ1) is 10.1. The fourth-order valence-electron chi connectivity index (χ4n) is 2.90. The van der Waals surface area contributed by atoms with Gasteiger partial charge in [-0.15, -0.1) is 0 Å². The fourth-order valence-corrected chi connectivity index (χ4v) is 3.30. The second-order valence-electron chi connectivity index (χ2n) is 5.42. The lowest BCUT2D eigenvalue weighted by atomic mass is 9.73. The predicted molar refractivity (Wildman–Crippen MR) is 90.1 cm³/mol. The molecule has 1 atom stereocenters. The fraction of sp³-hybridized carbons (Fsp3) is 0.333. The molecule has 0 aromatic heterocycles. The Balaban J connectivity index is 2.43. The summed E-state index contributed by atoms with van der Waals surface area (Å²) < 4.78 is 14.4. The van der Waals surface area contributed by atoms with Crippen LogP contribution in [0.2, 0.25) is 0 Å². The highest BCUT2D eigenvalue weighted by atomic mass is 79.9. The minimum Gasteiger partial charge on any atom is -0.319 e. The summed E-state index contributed by atoms with van der Waals surface area (Å²) in [5.41, 5.74) is 2.26. The Kier molecular flexibility index (Phi) is 5.54. The predicted octanol–water partition coefficient (Wildman–Crippen LogP) is 4.70. The number of rotatable bonds is 6. The molecule has 1 unspecified atom stereocenters. The second-order valence-corrected chi connectivity index (χ2v) is 6.21. The number of halogens is 2. The van der Waals surface area contributed by atoms with Crippen molar-refractivity contribution in [2.45, 2.75) is 25.2 Å². The molecular weight excluding hydrogens is 329 g/mol. The maximum absolute atomic E-state index is 13.8. The topological polar surface area (TPSA) is 12.0 Å². The summed E-state index contributed by atoms with van der Waals surface area (Å²) in [6, 6.07) is 15.7. The van der Waals surface area contributed by atoms with Crippen LogP contribution < -0.4 is 5.32 Å². The average molecular weight is 350 g/mol. The van der Waals surface area contributed by atoms with E-state index in [-0.39, 0.29) is 11.2 Å². The Morgan fingerprint density at radius 3 is 2.43 bits per heavy atom. The lowest BCUT2D eigenvalue weighted by molar-refractivity contribution is 0.389. The first-order valence-electron chi connectivity index (χ1n) is 7.26. The SMILES string of the molecule is CCC(CNC)(Cc1cccc(F)c1Br)c1ccccc1. The van der Waals surface area contributed by atoms with E-state index in [0.29, 0.717) is 4.47 Å². The van der Waals surface area contributed by atoms with Gasteiger partial charge in [0.15, 0.2) is 0 Å². The molecule has 3 heteroatoms. The zero-order chi connectivity index (χ0) is 15.3. The average Bonchev–Trinajstić information content (AvgIpc) is 2.52. The van der Waals surface area contributed by atoms with Gasteiger partial charge in [0.25, 0.3) is 0 Å². The maximum Gasteiger partial charge on any atom is 0.137 e. The second kappa shape index (κ2) is 7.19. The van der Waals surface area contributed by atoms with E-state index in [9.17, 15) is 4.39 Å². The quantitative estimate of drug-likeness (QED) is 0.796. The Morgan fingerprint density at radius 1 is 1.10 bits per heavy atom. The van der Waals surface area contributed by atoms with Crippen LogP contribution in [0.25, 0.3) is 0 Å². The molecule has 0 saturated carbocycles. The van der Waals surface area contributed by atoms with E-state index < -0.39 is 0 Å². The molecule has 0 aliphatic rings. The number of benzene rings is 2. The third-order valence-electron chi connectivity index (χ3n) is 4.14. The standard InChI is InChI=1S/C18H21BrFN/c1-3-18(13-21-2,15-9-5-4-6-10-15)12-14-8-7-11-16(20)17(14)19/h4-11,21H,3,12-13H2,1-2H3. The molecule has 2 aromatic carbocycles. The van der Waals surface area contributed by atoms with Gasteiger partial charge in [-0.25, -0.2) is 4.39 Å². The van der Waals surface area contributed by atoms with Gasteiger partial charge in [-0.05, 0) is 53.0 Å². The molecule has 0 fully saturated rings. The van der Waals surface area contributed by atoms with Crippen LogP contribution >= 0.6 is 15.9 Å². The molecule has 0 bridgehead atoms. The summed E-state index contributed by atoms with van der Waals surface area (Å²) in [7, 11) is 1.97. The van der Waals surface area contributed by atoms with Crippen LogP contribution in [-0.4, -0.2) is 13.6 Å². The minimum absolute atomic E-state index is 0.0354. The summed E-state index contributed by atoms with van der Waals surface area (Å²) in [4.78, 5) is 0. The van der Waals surface area contributed by atoms with Crippen LogP contribution in [0.1, 0.15) is 24.5 Å². The lowest BCUT2D eigenvalue weighted by Gasteiger charge is -2.34. The molecule has 1 nitrogen and oxygen atoms in total. The van der Waals surface area contributed by atoms with Gasteiger partial charge in [0.1, 0.15) is 5.82 Å². The lowest BCUT2D eigenvalue weighted by Crippen LogP contribution is -2.38. The van der Waals surface area contributed by atoms with E-state index in [2.05, 4.69) is 52.4 Å². The summed E-state index contributed by atoms with van der Waals surface area (Å²) in [6.07, 6.45) is 1.79. The van der Waals surface area contributed by atoms with Gasteiger partial charge in [0.2, 0.25) is 0 Å². The number of hydrogen-bond acceptors (Lipinski definition) is 1. The third-order valence-corrected chi connectivity index (χ3v) is 5.03. The zero-order valence-corrected chi connectivity index (χ0v) is 14.1. The first kappa shape index (κ1) is 16.2. The molecule has 0 amide bonds. The number of likely N-dealkylation sites (N-methyl/N-ethyl adjacent to an activating group) is 1. The van der Waals surface area contributed by atoms with E-state index in [1.165, 1.54) is 11.6 Å². The van der Waals surface area contributed by atoms with Crippen LogP contribution in [0.15, 0.2) is 53.0 Å². The number of nitrogens with one attached hydrogen (secondary N) is 1. The maximum atomic E-state index is 13.8. The van der Waals surface area contributed by atoms with Crippen molar-refractivity contribution in [1.82, 2.24) is 5.32 Å². The normalized spacial score (nSPS) is 13.9. The van der Waals surface area contributed by atoms with E-state index in [0.717, 1.165) is 24.9 Å². The van der Waals surface area contributed by atoms with Crippen molar-refractivity contribution in [2.75, 3.05) is 13.6 Å². The van der Waals surface area contributed by atoms with Crippen molar-refractivity contribution in [3.63, 3.8) is 0 Å². The van der Waals surface area contributed by atoms with Crippen molar-refractivity contribution in [2.24, 2.45) is 0 Å². The van der Waals surface area contributed by atoms with E-state index in [1.807, 2.05) is 19.2 Å². The molecule has 0 heterocycles. The summed E-state index contributed by atoms with van der Waals surface area (Å²) in [5.74, 6) is -0.199. The van der Waals surface area contributed by atoms with Crippen molar-refractivity contribution < 1.29 is 4.39 Å². The monoisotopic (exact) mass is 349 g/mol. The molecule has 0 saturated heterocycles. The van der Waals surface area contributed by atoms with E-state index >= 15 is 0 Å². The zero-order valence-electron chi connectivity index (χ0n) is 12.5. The molecule has 0 aliphatic heterocycles. The Labute approximate surface area is 134 Å². The van der Waals surface area contributed by atoms with E-state index in [4.69, 9.17) is 0 Å². The van der Waals surface area contributed by atoms with Crippen molar-refractivity contribution in [3.8, 4) is 0 Å². The molecule has 2 aromatic rings. The largest absolute Gasteiger partial charge is 0.319 e. The summed E-state index contributed by atoms with van der Waals surface area (Å²) >= 11 is 3.39. The van der Waals surface area contributed by atoms with Crippen LogP contribution in [0.5, 0.6) is 0 Å². The van der Waals surface area contributed by atoms with Gasteiger partial charge in [-0.1, -0.05) is 49.4 Å². The van der Waals surface area contributed by atoms with Crippen LogP contribution in [0.4, 0.5) is 4.39 Å². The van der Waals surface area contributed by atoms with Crippen molar-refractivity contribution in [3.05, 3.63) is 69.9 Å². The highest BCUT2D eigenvalue weighted by Crippen LogP contribution is 2.34. The Hall–Kier alpha value is -1.19. The number of hydrogen-bond donors (Lipinski definition) is 1. The Bertz CT molecular complexity index is 585. The van der Waals surface area contributed by atoms with Gasteiger partial charge in [-0.2, -0.15) is 0 Å². The first-order valence-corrected chi connectivity index (χ1v) is 8.05. The molecule has 112 valence electrons. The Morgan fingerprint density at radius 2 is 1.81 bits per heavy atom. The van der Waals surface area contributed by atoms with Crippen molar-refractivity contribution >= 4 is 15.9 Å². The van der Waals surface area contributed by atoms with Gasteiger partial charge >= 0.3 is 0 Å². The highest BCUT2D eigenvalue weighted by molar-refractivity contribution is 9.10. The molecule has 0 aliphatic carbocycles. The minimum atomic E-state index is -0.199. The van der Waals surface area contributed by atoms with Crippen LogP contribution in [0, 0.1) is 5.82 Å². The van der Waals surface area contributed by atoms with Gasteiger partial charge in [0, 0.05) is 12.0 Å². The molecule has 0 radical (unpaired) electrons. The highest BCUT2D eigenvalue weighted by Gasteiger charge is 2.30. The van der Waals surface area contributed by atoms with Crippen LogP contribution in [-0.2, 0) is 11.8 Å². The van der Waals surface area contributed by atoms with Crippen LogP contribution in [0.3, 0.4) is 0 Å². The van der Waals surface area contributed by atoms with Crippen molar-refractivity contribution in [1.29, 1.82) is 0 Å². The molecule has 1 N–H and O–H groups in total. The molecule has 21 heavy (non-hydrogen) atoms. The smallest absolute Gasteiger partial charge is 0.137 e.